The summed E-state index contributed by atoms with van der Waals surface area (Å²) in [6, 6.07) is 43.2. The molecule has 0 unspecified atom stereocenters. The smallest absolute Gasteiger partial charge is 0.123 e. The molecule has 7 rings (SSSR count). The molecule has 1 heterocycles. The first-order chi connectivity index (χ1) is 20.0. The normalized spacial score (nSPS) is 12.8. The van der Waals surface area contributed by atoms with Crippen molar-refractivity contribution in [2.24, 2.45) is 0 Å². The second-order valence-electron chi connectivity index (χ2n) is 9.45. The van der Waals surface area contributed by atoms with Crippen LogP contribution in [0.3, 0.4) is 0 Å². The molecule has 6 aromatic carbocycles. The minimum absolute atomic E-state index is 0.163. The van der Waals surface area contributed by atoms with E-state index in [1.165, 1.54) is 27.6 Å². The molecule has 0 aliphatic rings. The maximum absolute atomic E-state index is 13.8. The minimum Gasteiger partial charge on any atom is -0.310 e. The van der Waals surface area contributed by atoms with Crippen LogP contribution >= 0.6 is 11.3 Å². The summed E-state index contributed by atoms with van der Waals surface area (Å²) in [4.78, 5) is 2.07. The molecule has 0 aliphatic heterocycles. The van der Waals surface area contributed by atoms with Crippen LogP contribution in [-0.2, 0) is 0 Å². The van der Waals surface area contributed by atoms with Gasteiger partial charge in [0.05, 0.1) is 2.74 Å². The quantitative estimate of drug-likeness (QED) is 0.203. The lowest BCUT2D eigenvalue weighted by atomic mass is 10.1. The molecule has 1 nitrogen and oxygen atoms in total. The molecule has 186 valence electrons. The number of thiophene rings is 1. The Balaban J connectivity index is 1.26. The van der Waals surface area contributed by atoms with Crippen LogP contribution in [0, 0.1) is 5.82 Å². The summed E-state index contributed by atoms with van der Waals surface area (Å²) in [7, 11) is 0. The summed E-state index contributed by atoms with van der Waals surface area (Å²) in [5.74, 6) is -0.289. The molecule has 7 aromatic rings. The molecular weight excluding hydrogens is 497 g/mol. The highest BCUT2D eigenvalue weighted by Gasteiger charge is 2.13. The number of benzene rings is 6. The zero-order chi connectivity index (χ0) is 27.9. The topological polar surface area (TPSA) is 3.24 Å². The molecule has 0 spiro atoms. The van der Waals surface area contributed by atoms with Gasteiger partial charge in [0.2, 0.25) is 0 Å². The zero-order valence-electron chi connectivity index (χ0n) is 22.9. The zero-order valence-corrected chi connectivity index (χ0v) is 21.8. The molecule has 0 N–H and O–H groups in total. The van der Waals surface area contributed by atoms with E-state index in [0.29, 0.717) is 5.56 Å². The average Bonchev–Trinajstić information content (AvgIpc) is 3.39. The van der Waals surface area contributed by atoms with Crippen LogP contribution in [-0.4, -0.2) is 0 Å². The summed E-state index contributed by atoms with van der Waals surface area (Å²) in [5.41, 5.74) is 4.04. The Morgan fingerprint density at radius 1 is 0.538 bits per heavy atom. The van der Waals surface area contributed by atoms with Crippen molar-refractivity contribution in [3.63, 3.8) is 0 Å². The van der Waals surface area contributed by atoms with E-state index in [4.69, 9.17) is 2.74 Å². The lowest BCUT2D eigenvalue weighted by Gasteiger charge is -2.26. The third-order valence-electron chi connectivity index (χ3n) is 6.93. The Kier molecular flexibility index (Phi) is 5.37. The van der Waals surface area contributed by atoms with Gasteiger partial charge >= 0.3 is 0 Å². The average molecular weight is 524 g/mol. The minimum atomic E-state index is -0.289. The van der Waals surface area contributed by atoms with E-state index < -0.39 is 0 Å². The highest BCUT2D eigenvalue weighted by atomic mass is 32.1. The van der Waals surface area contributed by atoms with E-state index >= 15 is 0 Å². The van der Waals surface area contributed by atoms with Crippen molar-refractivity contribution in [3.8, 4) is 0 Å². The fourth-order valence-corrected chi connectivity index (χ4v) is 6.14. The summed E-state index contributed by atoms with van der Waals surface area (Å²) in [6.45, 7) is 0. The number of fused-ring (bicyclic) bond motifs is 4. The van der Waals surface area contributed by atoms with Gasteiger partial charge in [0.25, 0.3) is 0 Å². The molecule has 1 aromatic heterocycles. The Labute approximate surface area is 233 Å². The third-order valence-corrected chi connectivity index (χ3v) is 8.07. The highest BCUT2D eigenvalue weighted by molar-refractivity contribution is 7.25. The maximum atomic E-state index is 13.8. The van der Waals surface area contributed by atoms with Crippen molar-refractivity contribution in [2.75, 3.05) is 4.90 Å². The van der Waals surface area contributed by atoms with Gasteiger partial charge in [-0.3, -0.25) is 0 Å². The van der Waals surface area contributed by atoms with E-state index in [0.717, 1.165) is 38.1 Å². The van der Waals surface area contributed by atoms with E-state index in [1.54, 1.807) is 23.5 Å². The summed E-state index contributed by atoms with van der Waals surface area (Å²) in [6.07, 6.45) is 0. The monoisotopic (exact) mass is 523 g/mol. The Hall–Kier alpha value is -4.73. The Morgan fingerprint density at radius 3 is 1.97 bits per heavy atom. The molecule has 3 heteroatoms. The first-order valence-electron chi connectivity index (χ1n) is 13.8. The predicted molar refractivity (Wildman–Crippen MR) is 167 cm³/mol. The molecule has 0 atom stereocenters. The van der Waals surface area contributed by atoms with Crippen molar-refractivity contribution >= 4 is 71.4 Å². The van der Waals surface area contributed by atoms with Gasteiger partial charge in [0.1, 0.15) is 5.82 Å². The number of hydrogen-bond acceptors (Lipinski definition) is 2. The van der Waals surface area contributed by atoms with Gasteiger partial charge < -0.3 is 4.90 Å². The van der Waals surface area contributed by atoms with Crippen molar-refractivity contribution < 1.29 is 7.13 Å². The summed E-state index contributed by atoms with van der Waals surface area (Å²) in [5, 5.41) is 4.65. The summed E-state index contributed by atoms with van der Waals surface area (Å²) >= 11 is 1.71. The van der Waals surface area contributed by atoms with Crippen molar-refractivity contribution in [1.29, 1.82) is 0 Å². The molecule has 0 saturated heterocycles. The Morgan fingerprint density at radius 2 is 1.15 bits per heavy atom. The summed E-state index contributed by atoms with van der Waals surface area (Å²) < 4.78 is 33.8. The predicted octanol–water partition coefficient (Wildman–Crippen LogP) is 11.0. The second kappa shape index (κ2) is 9.86. The number of hydrogen-bond donors (Lipinski definition) is 0. The first kappa shape index (κ1) is 21.2. The molecule has 0 saturated carbocycles. The Bertz CT molecular complexity index is 2080. The van der Waals surface area contributed by atoms with Crippen LogP contribution in [0.15, 0.2) is 133 Å². The van der Waals surface area contributed by atoms with Crippen LogP contribution in [0.2, 0.25) is 0 Å². The van der Waals surface area contributed by atoms with Gasteiger partial charge in [0.15, 0.2) is 0 Å². The van der Waals surface area contributed by atoms with Crippen LogP contribution in [0.5, 0.6) is 0 Å². The lowest BCUT2D eigenvalue weighted by molar-refractivity contribution is 0.628. The third kappa shape index (κ3) is 4.58. The molecule has 0 radical (unpaired) electrons. The first-order valence-corrected chi connectivity index (χ1v) is 13.6. The van der Waals surface area contributed by atoms with Crippen molar-refractivity contribution in [3.05, 3.63) is 150 Å². The largest absolute Gasteiger partial charge is 0.310 e. The fourth-order valence-electron chi connectivity index (χ4n) is 5.00. The molecule has 0 amide bonds. The SMILES string of the molecule is [2H]/C(=C(/[2H])c1ccc2c(c1)sc1ccccc12)c1ccc(N(c2ccc(F)cc2)c2ccc3ccccc3c2)cc1. The number of rotatable bonds is 5. The van der Waals surface area contributed by atoms with E-state index in [1.807, 2.05) is 60.7 Å². The molecule has 0 bridgehead atoms. The van der Waals surface area contributed by atoms with Crippen molar-refractivity contribution in [2.45, 2.75) is 0 Å². The fraction of sp³-hybridized carbons (Fsp3) is 0. The second-order valence-corrected chi connectivity index (χ2v) is 10.5. The number of anilines is 3. The number of nitrogens with zero attached hydrogens (tertiary/aromatic N) is 1. The van der Waals surface area contributed by atoms with Crippen LogP contribution < -0.4 is 4.90 Å². The van der Waals surface area contributed by atoms with Gasteiger partial charge in [-0.1, -0.05) is 84.9 Å². The van der Waals surface area contributed by atoms with Gasteiger partial charge in [-0.2, -0.15) is 0 Å². The molecule has 39 heavy (non-hydrogen) atoms. The van der Waals surface area contributed by atoms with Gasteiger partial charge in [0, 0.05) is 37.2 Å². The molecule has 0 aliphatic carbocycles. The van der Waals surface area contributed by atoms with Crippen LogP contribution in [0.25, 0.3) is 43.0 Å². The van der Waals surface area contributed by atoms with E-state index in [2.05, 4.69) is 53.4 Å². The lowest BCUT2D eigenvalue weighted by Crippen LogP contribution is -2.09. The van der Waals surface area contributed by atoms with Gasteiger partial charge in [-0.15, -0.1) is 11.3 Å². The van der Waals surface area contributed by atoms with Crippen molar-refractivity contribution in [1.82, 2.24) is 0 Å². The van der Waals surface area contributed by atoms with Gasteiger partial charge in [-0.05, 0) is 82.6 Å². The molecule has 0 fully saturated rings. The maximum Gasteiger partial charge on any atom is 0.123 e. The van der Waals surface area contributed by atoms with E-state index in [-0.39, 0.29) is 17.9 Å². The van der Waals surface area contributed by atoms with Crippen LogP contribution in [0.1, 0.15) is 13.9 Å². The highest BCUT2D eigenvalue weighted by Crippen LogP contribution is 2.37. The van der Waals surface area contributed by atoms with Crippen LogP contribution in [0.4, 0.5) is 21.5 Å². The molecular formula is C36H24FNS. The standard InChI is InChI=1S/C36H24FNS/c37-29-15-20-31(21-16-29)38(32-19-14-27-5-1-2-6-28(27)24-32)30-17-11-25(12-18-30)9-10-26-13-22-34-33-7-3-4-8-35(33)39-36(34)23-26/h1-24H/b10-9+/i9D,10D. The number of halogens is 1. The van der Waals surface area contributed by atoms with E-state index in [9.17, 15) is 4.39 Å². The van der Waals surface area contributed by atoms with Gasteiger partial charge in [-0.25, -0.2) is 4.39 Å².